The van der Waals surface area contributed by atoms with Gasteiger partial charge in [0.05, 0.1) is 17.4 Å². The summed E-state index contributed by atoms with van der Waals surface area (Å²) >= 11 is 0. The molecule has 3 heteroatoms. The summed E-state index contributed by atoms with van der Waals surface area (Å²) in [7, 11) is 0. The molecule has 0 radical (unpaired) electrons. The standard InChI is InChI=1S/C20H27NO2/c1-3-5-16-6-8-18(9-7-16)23-19(22)17-10-13-20(15-21,12-4-2)14-11-17/h6-9,17H,3-5,10-14H2,1-2H3/t17-,20-. The molecule has 0 aromatic heterocycles. The van der Waals surface area contributed by atoms with Crippen LogP contribution >= 0.6 is 0 Å². The number of nitriles is 1. The minimum Gasteiger partial charge on any atom is -0.426 e. The zero-order valence-corrected chi connectivity index (χ0v) is 14.3. The molecule has 1 fully saturated rings. The number of benzene rings is 1. The van der Waals surface area contributed by atoms with Crippen molar-refractivity contribution in [1.82, 2.24) is 0 Å². The van der Waals surface area contributed by atoms with E-state index in [2.05, 4.69) is 19.9 Å². The highest BCUT2D eigenvalue weighted by atomic mass is 16.5. The molecule has 1 aromatic rings. The highest BCUT2D eigenvalue weighted by Crippen LogP contribution is 2.42. The maximum Gasteiger partial charge on any atom is 0.314 e. The summed E-state index contributed by atoms with van der Waals surface area (Å²) in [6.45, 7) is 4.26. The molecule has 0 amide bonds. The fourth-order valence-electron chi connectivity index (χ4n) is 3.51. The predicted octanol–water partition coefficient (Wildman–Crippen LogP) is 5.04. The van der Waals surface area contributed by atoms with Gasteiger partial charge in [0, 0.05) is 0 Å². The van der Waals surface area contributed by atoms with Gasteiger partial charge in [-0.3, -0.25) is 4.79 Å². The van der Waals surface area contributed by atoms with Crippen molar-refractivity contribution >= 4 is 5.97 Å². The van der Waals surface area contributed by atoms with Crippen molar-refractivity contribution in [2.75, 3.05) is 0 Å². The van der Waals surface area contributed by atoms with E-state index in [4.69, 9.17) is 4.74 Å². The summed E-state index contributed by atoms with van der Waals surface area (Å²) in [5.41, 5.74) is 1.05. The second kappa shape index (κ2) is 8.15. The number of hydrogen-bond donors (Lipinski definition) is 0. The monoisotopic (exact) mass is 313 g/mol. The first-order chi connectivity index (χ1) is 11.1. The summed E-state index contributed by atoms with van der Waals surface area (Å²) in [6.07, 6.45) is 7.26. The molecule has 1 saturated carbocycles. The van der Waals surface area contributed by atoms with Gasteiger partial charge in [-0.05, 0) is 56.2 Å². The van der Waals surface area contributed by atoms with Crippen molar-refractivity contribution in [2.24, 2.45) is 11.3 Å². The number of nitrogens with zero attached hydrogens (tertiary/aromatic N) is 1. The Bertz CT molecular complexity index is 548. The van der Waals surface area contributed by atoms with Gasteiger partial charge in [0.1, 0.15) is 5.75 Å². The van der Waals surface area contributed by atoms with Gasteiger partial charge >= 0.3 is 5.97 Å². The van der Waals surface area contributed by atoms with Crippen molar-refractivity contribution in [3.8, 4) is 11.8 Å². The first-order valence-corrected chi connectivity index (χ1v) is 8.84. The van der Waals surface area contributed by atoms with Crippen LogP contribution in [0.3, 0.4) is 0 Å². The third kappa shape index (κ3) is 4.58. The van der Waals surface area contributed by atoms with E-state index in [-0.39, 0.29) is 17.3 Å². The number of carbonyl (C=O) groups is 1. The maximum atomic E-state index is 12.3. The van der Waals surface area contributed by atoms with Crippen LogP contribution < -0.4 is 4.74 Å². The lowest BCUT2D eigenvalue weighted by atomic mass is 9.69. The first kappa shape index (κ1) is 17.5. The van der Waals surface area contributed by atoms with Crippen LogP contribution in [0.4, 0.5) is 0 Å². The van der Waals surface area contributed by atoms with E-state index in [1.165, 1.54) is 5.56 Å². The zero-order valence-electron chi connectivity index (χ0n) is 14.3. The van der Waals surface area contributed by atoms with Gasteiger partial charge in [0.25, 0.3) is 0 Å². The minimum absolute atomic E-state index is 0.0661. The Morgan fingerprint density at radius 2 is 1.87 bits per heavy atom. The lowest BCUT2D eigenvalue weighted by Gasteiger charge is -2.33. The Morgan fingerprint density at radius 3 is 2.39 bits per heavy atom. The van der Waals surface area contributed by atoms with E-state index in [0.717, 1.165) is 51.4 Å². The largest absolute Gasteiger partial charge is 0.426 e. The Kier molecular flexibility index (Phi) is 6.21. The van der Waals surface area contributed by atoms with Gasteiger partial charge in [0.2, 0.25) is 0 Å². The predicted molar refractivity (Wildman–Crippen MR) is 91.0 cm³/mol. The fraction of sp³-hybridized carbons (Fsp3) is 0.600. The number of esters is 1. The normalized spacial score (nSPS) is 24.0. The Balaban J connectivity index is 1.89. The molecular weight excluding hydrogens is 286 g/mol. The molecule has 0 spiro atoms. The molecule has 0 aliphatic heterocycles. The van der Waals surface area contributed by atoms with E-state index in [0.29, 0.717) is 5.75 Å². The Labute approximate surface area is 139 Å². The van der Waals surface area contributed by atoms with Crippen LogP contribution in [0, 0.1) is 22.7 Å². The van der Waals surface area contributed by atoms with Crippen LogP contribution in [0.2, 0.25) is 0 Å². The lowest BCUT2D eigenvalue weighted by Crippen LogP contribution is -2.31. The lowest BCUT2D eigenvalue weighted by molar-refractivity contribution is -0.140. The number of carbonyl (C=O) groups excluding carboxylic acids is 1. The number of hydrogen-bond acceptors (Lipinski definition) is 3. The van der Waals surface area contributed by atoms with Crippen LogP contribution in [-0.2, 0) is 11.2 Å². The molecule has 0 bridgehead atoms. The molecule has 0 unspecified atom stereocenters. The molecule has 1 aliphatic carbocycles. The highest BCUT2D eigenvalue weighted by Gasteiger charge is 2.37. The van der Waals surface area contributed by atoms with Gasteiger partial charge in [-0.25, -0.2) is 0 Å². The molecule has 1 aromatic carbocycles. The van der Waals surface area contributed by atoms with E-state index in [1.54, 1.807) is 0 Å². The minimum atomic E-state index is -0.215. The average Bonchev–Trinajstić information content (AvgIpc) is 2.58. The molecule has 3 nitrogen and oxygen atoms in total. The van der Waals surface area contributed by atoms with Gasteiger partial charge in [-0.15, -0.1) is 0 Å². The maximum absolute atomic E-state index is 12.3. The van der Waals surface area contributed by atoms with Crippen molar-refractivity contribution in [1.29, 1.82) is 5.26 Å². The summed E-state index contributed by atoms with van der Waals surface area (Å²) in [6, 6.07) is 10.3. The van der Waals surface area contributed by atoms with Crippen LogP contribution in [-0.4, -0.2) is 5.97 Å². The van der Waals surface area contributed by atoms with Gasteiger partial charge in [0.15, 0.2) is 0 Å². The van der Waals surface area contributed by atoms with E-state index < -0.39 is 0 Å². The summed E-state index contributed by atoms with van der Waals surface area (Å²) in [5.74, 6) is 0.417. The van der Waals surface area contributed by atoms with E-state index in [1.807, 2.05) is 24.3 Å². The second-order valence-electron chi connectivity index (χ2n) is 6.73. The van der Waals surface area contributed by atoms with Crippen LogP contribution in [0.15, 0.2) is 24.3 Å². The summed E-state index contributed by atoms with van der Waals surface area (Å²) in [5, 5.41) is 9.44. The molecule has 2 rings (SSSR count). The number of rotatable bonds is 6. The molecule has 1 aliphatic rings. The SMILES string of the molecule is CCCc1ccc(OC(=O)[C@H]2CC[C@@](C#N)(CCC)CC2)cc1. The topological polar surface area (TPSA) is 50.1 Å². The van der Waals surface area contributed by atoms with Gasteiger partial charge < -0.3 is 4.74 Å². The number of aryl methyl sites for hydroxylation is 1. The highest BCUT2D eigenvalue weighted by molar-refractivity contribution is 5.75. The van der Waals surface area contributed by atoms with Crippen molar-refractivity contribution < 1.29 is 9.53 Å². The van der Waals surface area contributed by atoms with Gasteiger partial charge in [-0.2, -0.15) is 5.26 Å². The van der Waals surface area contributed by atoms with Crippen LogP contribution in [0.1, 0.15) is 64.4 Å². The molecule has 0 saturated heterocycles. The molecule has 0 atom stereocenters. The third-order valence-electron chi connectivity index (χ3n) is 4.92. The van der Waals surface area contributed by atoms with Crippen LogP contribution in [0.25, 0.3) is 0 Å². The summed E-state index contributed by atoms with van der Waals surface area (Å²) in [4.78, 5) is 12.3. The third-order valence-corrected chi connectivity index (χ3v) is 4.92. The first-order valence-electron chi connectivity index (χ1n) is 8.84. The smallest absolute Gasteiger partial charge is 0.314 e. The Morgan fingerprint density at radius 1 is 1.22 bits per heavy atom. The van der Waals surface area contributed by atoms with E-state index in [9.17, 15) is 10.1 Å². The average molecular weight is 313 g/mol. The molecule has 0 heterocycles. The number of ether oxygens (including phenoxy) is 1. The van der Waals surface area contributed by atoms with Crippen molar-refractivity contribution in [3.05, 3.63) is 29.8 Å². The summed E-state index contributed by atoms with van der Waals surface area (Å²) < 4.78 is 5.53. The fourth-order valence-corrected chi connectivity index (χ4v) is 3.51. The molecule has 23 heavy (non-hydrogen) atoms. The molecule has 124 valence electrons. The molecule has 0 N–H and O–H groups in total. The van der Waals surface area contributed by atoms with Crippen LogP contribution in [0.5, 0.6) is 5.75 Å². The zero-order chi connectivity index (χ0) is 16.7. The van der Waals surface area contributed by atoms with Crippen molar-refractivity contribution in [3.63, 3.8) is 0 Å². The molecular formula is C20H27NO2. The van der Waals surface area contributed by atoms with E-state index >= 15 is 0 Å². The van der Waals surface area contributed by atoms with Crippen molar-refractivity contribution in [2.45, 2.75) is 65.2 Å². The Hall–Kier alpha value is -1.82. The quantitative estimate of drug-likeness (QED) is 0.546. The second-order valence-corrected chi connectivity index (χ2v) is 6.73. The van der Waals surface area contributed by atoms with Gasteiger partial charge in [-0.1, -0.05) is 38.8 Å².